The Kier molecular flexibility index (Phi) is 13.6. The Morgan fingerprint density at radius 1 is 0.500 bits per heavy atom. The second kappa shape index (κ2) is 17.8. The zero-order chi connectivity index (χ0) is 47.8. The minimum absolute atomic E-state index is 0.0527. The molecule has 0 atom stereocenters. The molecule has 2 aromatic heterocycles. The number of carbonyl (C=O) groups excluding carboxylic acids is 1. The highest BCUT2D eigenvalue weighted by atomic mass is 32.1. The summed E-state index contributed by atoms with van der Waals surface area (Å²) in [5.41, 5.74) is -11.0. The number of hydrogen-bond acceptors (Lipinski definition) is 6. The maximum atomic E-state index is 14.4. The highest BCUT2D eigenvalue weighted by Gasteiger charge is 2.74. The molecule has 7 nitrogen and oxygen atoms in total. The molecule has 6 rings (SSSR count). The van der Waals surface area contributed by atoms with Crippen LogP contribution in [0.2, 0.25) is 0 Å². The summed E-state index contributed by atoms with van der Waals surface area (Å²) in [5, 5.41) is 7.94. The van der Waals surface area contributed by atoms with E-state index in [1.165, 1.54) is 74.5 Å². The van der Waals surface area contributed by atoms with Crippen molar-refractivity contribution in [3.05, 3.63) is 154 Å². The van der Waals surface area contributed by atoms with Crippen molar-refractivity contribution in [1.82, 2.24) is 29.5 Å². The Balaban J connectivity index is 0.000000241. The monoisotopic (exact) mass is 934 g/mol. The van der Waals surface area contributed by atoms with Gasteiger partial charge in [-0.05, 0) is 103 Å². The molecular formula is C42H32F14N6OS. The van der Waals surface area contributed by atoms with Crippen molar-refractivity contribution in [2.75, 3.05) is 0 Å². The summed E-state index contributed by atoms with van der Waals surface area (Å²) in [6, 6.07) is 15.3. The summed E-state index contributed by atoms with van der Waals surface area (Å²) >= 11 is 5.42. The summed E-state index contributed by atoms with van der Waals surface area (Å²) in [7, 11) is 0. The largest absolute Gasteiger partial charge is 0.435 e. The lowest BCUT2D eigenvalue weighted by atomic mass is 9.87. The molecule has 64 heavy (non-hydrogen) atoms. The van der Waals surface area contributed by atoms with Crippen molar-refractivity contribution in [1.29, 1.82) is 0 Å². The number of alkyl halides is 14. The smallest absolute Gasteiger partial charge is 0.294 e. The first kappa shape index (κ1) is 49.0. The minimum Gasteiger partial charge on any atom is -0.294 e. The number of halogens is 14. The van der Waals surface area contributed by atoms with Crippen LogP contribution in [0.5, 0.6) is 0 Å². The normalized spacial score (nSPS) is 12.8. The quantitative estimate of drug-likeness (QED) is 0.0774. The first-order valence-corrected chi connectivity index (χ1v) is 18.7. The van der Waals surface area contributed by atoms with E-state index in [0.29, 0.717) is 45.9 Å². The number of rotatable bonds is 10. The van der Waals surface area contributed by atoms with E-state index in [1.54, 1.807) is 36.4 Å². The van der Waals surface area contributed by atoms with E-state index in [1.807, 2.05) is 0 Å². The first-order valence-electron chi connectivity index (χ1n) is 18.3. The number of nitrogens with zero attached hydrogens (tertiary/aromatic N) is 6. The van der Waals surface area contributed by atoms with Gasteiger partial charge in [-0.15, -0.1) is 0 Å². The van der Waals surface area contributed by atoms with Crippen LogP contribution in [-0.2, 0) is 24.2 Å². The van der Waals surface area contributed by atoms with E-state index in [9.17, 15) is 66.3 Å². The van der Waals surface area contributed by atoms with Crippen molar-refractivity contribution in [3.63, 3.8) is 0 Å². The van der Waals surface area contributed by atoms with Crippen molar-refractivity contribution in [2.45, 2.75) is 76.6 Å². The van der Waals surface area contributed by atoms with E-state index < -0.39 is 53.0 Å². The zero-order valence-corrected chi connectivity index (χ0v) is 34.3. The Hall–Kier alpha value is -6.06. The van der Waals surface area contributed by atoms with Crippen LogP contribution in [0.15, 0.2) is 98.1 Å². The van der Waals surface area contributed by atoms with E-state index in [-0.39, 0.29) is 46.2 Å². The van der Waals surface area contributed by atoms with Gasteiger partial charge in [0.25, 0.3) is 0 Å². The fraction of sp³-hybridized carbons (Fsp3) is 0.286. The van der Waals surface area contributed by atoms with Crippen LogP contribution in [0, 0.1) is 27.7 Å². The number of benzene rings is 4. The van der Waals surface area contributed by atoms with Crippen molar-refractivity contribution in [2.24, 2.45) is 0 Å². The molecule has 0 saturated carbocycles. The van der Waals surface area contributed by atoms with Crippen LogP contribution < -0.4 is 0 Å². The Morgan fingerprint density at radius 2 is 0.812 bits per heavy atom. The van der Waals surface area contributed by atoms with Gasteiger partial charge in [0.2, 0.25) is 0 Å². The van der Waals surface area contributed by atoms with Crippen LogP contribution in [0.4, 0.5) is 61.5 Å². The molecule has 6 aromatic rings. The van der Waals surface area contributed by atoms with E-state index in [0.717, 1.165) is 5.69 Å². The summed E-state index contributed by atoms with van der Waals surface area (Å²) in [5.74, 6) is -0.410. The van der Waals surface area contributed by atoms with Gasteiger partial charge in [0, 0.05) is 34.4 Å². The van der Waals surface area contributed by atoms with Crippen LogP contribution >= 0.6 is 12.2 Å². The Morgan fingerprint density at radius 3 is 1.11 bits per heavy atom. The van der Waals surface area contributed by atoms with Crippen LogP contribution in [0.3, 0.4) is 0 Å². The molecule has 0 N–H and O–H groups in total. The standard InChI is InChI=1S/C21H16F7N3O.C21H16F7N3S/c2*1-12-7-15(19(22,20(23,24)25)21(26,27)28)8-13(2)17(12)9-18(32)14-3-5-16(6-4-14)31-11-29-10-30-31/h2*3-8,10-11H,9H2,1-2H3. The molecule has 0 unspecified atom stereocenters. The highest BCUT2D eigenvalue weighted by Crippen LogP contribution is 2.55. The fourth-order valence-electron chi connectivity index (χ4n) is 6.73. The molecule has 0 aliphatic heterocycles. The van der Waals surface area contributed by atoms with E-state index >= 15 is 0 Å². The third-order valence-corrected chi connectivity index (χ3v) is 10.5. The molecule has 2 heterocycles. The number of ketones is 1. The molecule has 0 aliphatic rings. The van der Waals surface area contributed by atoms with Gasteiger partial charge in [0.15, 0.2) is 5.78 Å². The number of aryl methyl sites for hydroxylation is 4. The van der Waals surface area contributed by atoms with Gasteiger partial charge in [-0.1, -0.05) is 48.6 Å². The minimum atomic E-state index is -6.20. The number of thiocarbonyl (C=S) groups is 1. The zero-order valence-electron chi connectivity index (χ0n) is 33.4. The Bertz CT molecular complexity index is 2340. The van der Waals surface area contributed by atoms with Crippen molar-refractivity contribution >= 4 is 22.9 Å². The summed E-state index contributed by atoms with van der Waals surface area (Å²) < 4.78 is 189. The number of hydrogen-bond donors (Lipinski definition) is 0. The third-order valence-electron chi connectivity index (χ3n) is 10.2. The molecule has 0 amide bonds. The van der Waals surface area contributed by atoms with Gasteiger partial charge in [0.1, 0.15) is 25.3 Å². The molecule has 22 heteroatoms. The average molecular weight is 935 g/mol. The molecular weight excluding hydrogens is 903 g/mol. The summed E-state index contributed by atoms with van der Waals surface area (Å²) in [6.07, 6.45) is -19.2. The predicted molar refractivity (Wildman–Crippen MR) is 208 cm³/mol. The predicted octanol–water partition coefficient (Wildman–Crippen LogP) is 11.7. The molecule has 340 valence electrons. The first-order chi connectivity index (χ1) is 29.5. The second-order valence-corrected chi connectivity index (χ2v) is 15.0. The summed E-state index contributed by atoms with van der Waals surface area (Å²) in [4.78, 5) is 20.7. The maximum Gasteiger partial charge on any atom is 0.435 e. The fourth-order valence-corrected chi connectivity index (χ4v) is 7.01. The number of Topliss-reactive ketones (excluding diaryl/α,β-unsaturated/α-hetero) is 1. The lowest BCUT2D eigenvalue weighted by Gasteiger charge is -2.31. The lowest BCUT2D eigenvalue weighted by molar-refractivity contribution is -0.349. The number of carbonyl (C=O) groups is 1. The van der Waals surface area contributed by atoms with Crippen molar-refractivity contribution in [3.8, 4) is 11.4 Å². The second-order valence-electron chi connectivity index (χ2n) is 14.5. The van der Waals surface area contributed by atoms with E-state index in [4.69, 9.17) is 12.2 Å². The topological polar surface area (TPSA) is 78.5 Å². The van der Waals surface area contributed by atoms with Crippen LogP contribution in [0.1, 0.15) is 60.4 Å². The summed E-state index contributed by atoms with van der Waals surface area (Å²) in [6.45, 7) is 5.13. The molecule has 0 bridgehead atoms. The third kappa shape index (κ3) is 9.70. The molecule has 0 radical (unpaired) electrons. The number of aromatic nitrogens is 6. The average Bonchev–Trinajstić information content (AvgIpc) is 3.95. The van der Waals surface area contributed by atoms with E-state index in [2.05, 4.69) is 20.2 Å². The van der Waals surface area contributed by atoms with Gasteiger partial charge in [-0.3, -0.25) is 4.79 Å². The Labute approximate surface area is 359 Å². The molecule has 0 saturated heterocycles. The maximum absolute atomic E-state index is 14.4. The molecule has 4 aromatic carbocycles. The highest BCUT2D eigenvalue weighted by molar-refractivity contribution is 7.80. The van der Waals surface area contributed by atoms with Crippen LogP contribution in [0.25, 0.3) is 11.4 Å². The van der Waals surface area contributed by atoms with Gasteiger partial charge in [-0.25, -0.2) is 28.1 Å². The van der Waals surface area contributed by atoms with Crippen LogP contribution in [-0.4, -0.2) is 64.9 Å². The van der Waals surface area contributed by atoms with Crippen molar-refractivity contribution < 1.29 is 66.3 Å². The molecule has 0 spiro atoms. The lowest BCUT2D eigenvalue weighted by Crippen LogP contribution is -2.50. The molecule has 0 aliphatic carbocycles. The van der Waals surface area contributed by atoms with Gasteiger partial charge in [-0.2, -0.15) is 62.9 Å². The molecule has 0 fully saturated rings. The van der Waals surface area contributed by atoms with Gasteiger partial charge >= 0.3 is 36.0 Å². The SMILES string of the molecule is Cc1cc(C(F)(C(F)(F)F)C(F)(F)F)cc(C)c1CC(=O)c1ccc(-n2cncn2)cc1.Cc1cc(C(F)(C(F)(F)F)C(F)(F)F)cc(C)c1CC(=S)c1ccc(-n2cncn2)cc1. The van der Waals surface area contributed by atoms with Gasteiger partial charge in [0.05, 0.1) is 11.4 Å². The van der Waals surface area contributed by atoms with Gasteiger partial charge < -0.3 is 0 Å².